The summed E-state index contributed by atoms with van der Waals surface area (Å²) in [5.74, 6) is -2.59. The minimum atomic E-state index is -2.59. The van der Waals surface area contributed by atoms with Gasteiger partial charge in [0.25, 0.3) is 5.92 Å². The molecule has 1 aliphatic rings. The lowest BCUT2D eigenvalue weighted by Gasteiger charge is -2.01. The number of halogens is 2. The van der Waals surface area contributed by atoms with E-state index in [9.17, 15) is 8.78 Å². The first-order valence-corrected chi connectivity index (χ1v) is 2.43. The quantitative estimate of drug-likeness (QED) is 0.473. The van der Waals surface area contributed by atoms with Crippen molar-refractivity contribution in [1.82, 2.24) is 0 Å². The number of hydrogen-bond donors (Lipinski definition) is 0. The van der Waals surface area contributed by atoms with Crippen molar-refractivity contribution in [3.05, 3.63) is 6.10 Å². The molecule has 0 saturated carbocycles. The molecule has 0 N–H and O–H groups in total. The maximum atomic E-state index is 12.0. The minimum Gasteiger partial charge on any atom is -0.366 e. The van der Waals surface area contributed by atoms with Crippen LogP contribution < -0.4 is 0 Å². The van der Waals surface area contributed by atoms with Crippen LogP contribution in [0.5, 0.6) is 0 Å². The molecule has 1 heterocycles. The molecule has 0 aliphatic carbocycles. The van der Waals surface area contributed by atoms with Crippen LogP contribution in [0.1, 0.15) is 13.3 Å². The molecule has 1 radical (unpaired) electrons. The SMILES string of the molecule is C[C]1CC(F)(F)CO1. The highest BCUT2D eigenvalue weighted by atomic mass is 19.3. The smallest absolute Gasteiger partial charge is 0.273 e. The predicted octanol–water partition coefficient (Wildman–Crippen LogP) is 1.59. The Morgan fingerprint density at radius 1 is 1.62 bits per heavy atom. The van der Waals surface area contributed by atoms with Crippen molar-refractivity contribution in [2.45, 2.75) is 19.3 Å². The van der Waals surface area contributed by atoms with Gasteiger partial charge in [-0.25, -0.2) is 8.78 Å². The van der Waals surface area contributed by atoms with Gasteiger partial charge >= 0.3 is 0 Å². The summed E-state index contributed by atoms with van der Waals surface area (Å²) in [5, 5.41) is 0. The maximum absolute atomic E-state index is 12.0. The summed E-state index contributed by atoms with van der Waals surface area (Å²) >= 11 is 0. The third kappa shape index (κ3) is 1.15. The van der Waals surface area contributed by atoms with E-state index in [1.54, 1.807) is 6.92 Å². The van der Waals surface area contributed by atoms with Gasteiger partial charge in [0, 0.05) is 6.42 Å². The van der Waals surface area contributed by atoms with Crippen molar-refractivity contribution >= 4 is 0 Å². The molecule has 0 bridgehead atoms. The van der Waals surface area contributed by atoms with Crippen LogP contribution >= 0.6 is 0 Å². The van der Waals surface area contributed by atoms with E-state index in [1.807, 2.05) is 0 Å². The van der Waals surface area contributed by atoms with Gasteiger partial charge in [0.2, 0.25) is 0 Å². The van der Waals surface area contributed by atoms with Crippen molar-refractivity contribution in [1.29, 1.82) is 0 Å². The van der Waals surface area contributed by atoms with Crippen molar-refractivity contribution < 1.29 is 13.5 Å². The van der Waals surface area contributed by atoms with Gasteiger partial charge in [-0.3, -0.25) is 0 Å². The Kier molecular flexibility index (Phi) is 1.23. The lowest BCUT2D eigenvalue weighted by molar-refractivity contribution is -0.00731. The van der Waals surface area contributed by atoms with Gasteiger partial charge in [0.1, 0.15) is 12.7 Å². The van der Waals surface area contributed by atoms with Gasteiger partial charge in [-0.15, -0.1) is 0 Å². The van der Waals surface area contributed by atoms with E-state index in [1.165, 1.54) is 0 Å². The zero-order valence-corrected chi connectivity index (χ0v) is 4.58. The van der Waals surface area contributed by atoms with Crippen LogP contribution in [-0.4, -0.2) is 12.5 Å². The van der Waals surface area contributed by atoms with Crippen molar-refractivity contribution in [3.63, 3.8) is 0 Å². The van der Waals surface area contributed by atoms with Crippen molar-refractivity contribution in [3.8, 4) is 0 Å². The maximum Gasteiger partial charge on any atom is 0.273 e. The summed E-state index contributed by atoms with van der Waals surface area (Å²) < 4.78 is 28.6. The van der Waals surface area contributed by atoms with E-state index in [0.29, 0.717) is 6.10 Å². The molecular weight excluding hydrogens is 114 g/mol. The lowest BCUT2D eigenvalue weighted by atomic mass is 10.2. The highest BCUT2D eigenvalue weighted by Gasteiger charge is 2.38. The predicted molar refractivity (Wildman–Crippen MR) is 24.4 cm³/mol. The summed E-state index contributed by atoms with van der Waals surface area (Å²) in [5.41, 5.74) is 0. The Morgan fingerprint density at radius 3 is 2.38 bits per heavy atom. The van der Waals surface area contributed by atoms with Crippen LogP contribution in [0.4, 0.5) is 8.78 Å². The molecule has 1 nitrogen and oxygen atoms in total. The van der Waals surface area contributed by atoms with Gasteiger partial charge in [-0.05, 0) is 6.92 Å². The number of hydrogen-bond acceptors (Lipinski definition) is 1. The summed E-state index contributed by atoms with van der Waals surface area (Å²) in [7, 11) is 0. The zero-order valence-electron chi connectivity index (χ0n) is 4.58. The van der Waals surface area contributed by atoms with Gasteiger partial charge in [-0.2, -0.15) is 0 Å². The van der Waals surface area contributed by atoms with E-state index >= 15 is 0 Å². The van der Waals surface area contributed by atoms with Gasteiger partial charge in [-0.1, -0.05) is 0 Å². The highest BCUT2D eigenvalue weighted by Crippen LogP contribution is 2.32. The number of alkyl halides is 2. The van der Waals surface area contributed by atoms with Gasteiger partial charge in [0.15, 0.2) is 0 Å². The van der Waals surface area contributed by atoms with E-state index in [0.717, 1.165) is 0 Å². The van der Waals surface area contributed by atoms with Crippen LogP contribution in [0.25, 0.3) is 0 Å². The van der Waals surface area contributed by atoms with E-state index in [4.69, 9.17) is 0 Å². The first-order chi connectivity index (χ1) is 3.60. The molecule has 8 heavy (non-hydrogen) atoms. The average molecular weight is 121 g/mol. The lowest BCUT2D eigenvalue weighted by Crippen LogP contribution is -2.13. The summed E-state index contributed by atoms with van der Waals surface area (Å²) in [6.07, 6.45) is 0.238. The summed E-state index contributed by atoms with van der Waals surface area (Å²) in [6.45, 7) is 1.14. The zero-order chi connectivity index (χ0) is 6.20. The van der Waals surface area contributed by atoms with Gasteiger partial charge < -0.3 is 4.74 Å². The fourth-order valence-corrected chi connectivity index (χ4v) is 0.695. The summed E-state index contributed by atoms with van der Waals surface area (Å²) in [6, 6.07) is 0. The Balaban J connectivity index is 2.44. The van der Waals surface area contributed by atoms with E-state index in [-0.39, 0.29) is 6.42 Å². The molecule has 0 aromatic carbocycles. The van der Waals surface area contributed by atoms with E-state index in [2.05, 4.69) is 4.74 Å². The van der Waals surface area contributed by atoms with Crippen LogP contribution in [0.2, 0.25) is 0 Å². The number of rotatable bonds is 0. The Labute approximate surface area is 46.6 Å². The molecule has 0 spiro atoms. The molecule has 0 amide bonds. The molecule has 1 aliphatic heterocycles. The molecule has 3 heteroatoms. The Hall–Kier alpha value is -0.180. The molecule has 0 atom stereocenters. The fraction of sp³-hybridized carbons (Fsp3) is 0.800. The van der Waals surface area contributed by atoms with Gasteiger partial charge in [0.05, 0.1) is 0 Å². The molecule has 1 fully saturated rings. The molecule has 0 unspecified atom stereocenters. The van der Waals surface area contributed by atoms with E-state index < -0.39 is 12.5 Å². The van der Waals surface area contributed by atoms with Crippen molar-refractivity contribution in [2.24, 2.45) is 0 Å². The molecule has 1 saturated heterocycles. The third-order valence-electron chi connectivity index (χ3n) is 1.04. The first kappa shape index (κ1) is 5.95. The molecule has 0 aromatic rings. The van der Waals surface area contributed by atoms with Crippen LogP contribution in [0.15, 0.2) is 0 Å². The van der Waals surface area contributed by atoms with Crippen LogP contribution in [-0.2, 0) is 4.74 Å². The van der Waals surface area contributed by atoms with Crippen LogP contribution in [0, 0.1) is 6.10 Å². The number of ether oxygens (including phenoxy) is 1. The summed E-state index contributed by atoms with van der Waals surface area (Å²) in [4.78, 5) is 0. The van der Waals surface area contributed by atoms with Crippen molar-refractivity contribution in [2.75, 3.05) is 6.61 Å². The normalized spacial score (nSPS) is 28.9. The largest absolute Gasteiger partial charge is 0.366 e. The standard InChI is InChI=1S/C5H7F2O/c1-4-2-5(6,7)3-8-4/h2-3H2,1H3. The minimum absolute atomic E-state index is 0.201. The second kappa shape index (κ2) is 1.65. The monoisotopic (exact) mass is 121 g/mol. The molecule has 1 rings (SSSR count). The molecule has 0 aromatic heterocycles. The fourth-order valence-electron chi connectivity index (χ4n) is 0.695. The highest BCUT2D eigenvalue weighted by molar-refractivity contribution is 4.88. The van der Waals surface area contributed by atoms with Crippen LogP contribution in [0.3, 0.4) is 0 Å². The first-order valence-electron chi connectivity index (χ1n) is 2.43. The average Bonchev–Trinajstić information content (AvgIpc) is 1.82. The molecular formula is C5H7F2O. The second-order valence-corrected chi connectivity index (χ2v) is 2.02. The second-order valence-electron chi connectivity index (χ2n) is 2.02. The topological polar surface area (TPSA) is 9.23 Å². The Morgan fingerprint density at radius 2 is 2.25 bits per heavy atom. The Bertz CT molecular complexity index is 92.4. The molecule has 47 valence electrons. The third-order valence-corrected chi connectivity index (χ3v) is 1.04.